The van der Waals surface area contributed by atoms with Gasteiger partial charge in [0, 0.05) is 12.2 Å². The van der Waals surface area contributed by atoms with E-state index in [0.717, 1.165) is 36.1 Å². The maximum Gasteiger partial charge on any atom is 0.261 e. The van der Waals surface area contributed by atoms with Gasteiger partial charge < -0.3 is 14.6 Å². The number of morpholine rings is 1. The molecule has 2 heterocycles. The lowest BCUT2D eigenvalue weighted by Gasteiger charge is -2.43. The summed E-state index contributed by atoms with van der Waals surface area (Å²) in [6.45, 7) is 7.30. The molecular weight excluding hydrogens is 352 g/mol. The summed E-state index contributed by atoms with van der Waals surface area (Å²) in [5.41, 5.74) is 3.00. The summed E-state index contributed by atoms with van der Waals surface area (Å²) in [6, 6.07) is 11.8. The van der Waals surface area contributed by atoms with Crippen molar-refractivity contribution in [3.63, 3.8) is 0 Å². The van der Waals surface area contributed by atoms with E-state index in [1.165, 1.54) is 0 Å². The van der Waals surface area contributed by atoms with Gasteiger partial charge in [0.25, 0.3) is 11.5 Å². The van der Waals surface area contributed by atoms with Crippen LogP contribution in [0, 0.1) is 5.41 Å². The zero-order valence-corrected chi connectivity index (χ0v) is 16.8. The molecule has 1 aromatic carbocycles. The van der Waals surface area contributed by atoms with E-state index >= 15 is 0 Å². The van der Waals surface area contributed by atoms with Crippen LogP contribution < -0.4 is 5.56 Å². The second-order valence-electron chi connectivity index (χ2n) is 8.97. The van der Waals surface area contributed by atoms with Crippen molar-refractivity contribution in [1.82, 2.24) is 9.88 Å². The third-order valence-corrected chi connectivity index (χ3v) is 5.84. The standard InChI is InChI=1S/C23H28N2O3/c1-23(2,3)20-14-25(13-19(28-20)15-8-5-4-6-9-15)22(27)17-12-16-10-7-11-18(16)24-21(17)26/h4-6,8-9,12,19-20H,7,10-11,13-14H2,1-3H3,(H,24,26)/t19-,20+/m0/s1. The van der Waals surface area contributed by atoms with Crippen molar-refractivity contribution < 1.29 is 9.53 Å². The molecule has 5 heteroatoms. The highest BCUT2D eigenvalue weighted by Crippen LogP contribution is 2.34. The van der Waals surface area contributed by atoms with Gasteiger partial charge in [-0.3, -0.25) is 9.59 Å². The van der Waals surface area contributed by atoms with Crippen LogP contribution in [0.4, 0.5) is 0 Å². The number of aromatic nitrogens is 1. The number of ether oxygens (including phenoxy) is 1. The molecule has 0 radical (unpaired) electrons. The Morgan fingerprint density at radius 3 is 2.61 bits per heavy atom. The number of nitrogens with one attached hydrogen (secondary N) is 1. The third-order valence-electron chi connectivity index (χ3n) is 5.84. The summed E-state index contributed by atoms with van der Waals surface area (Å²) < 4.78 is 6.38. The minimum absolute atomic E-state index is 0.107. The van der Waals surface area contributed by atoms with Crippen LogP contribution >= 0.6 is 0 Å². The first-order chi connectivity index (χ1) is 13.3. The third kappa shape index (κ3) is 3.63. The zero-order valence-electron chi connectivity index (χ0n) is 16.8. The van der Waals surface area contributed by atoms with Crippen molar-refractivity contribution in [2.75, 3.05) is 13.1 Å². The van der Waals surface area contributed by atoms with Crippen molar-refractivity contribution in [3.05, 3.63) is 69.1 Å². The topological polar surface area (TPSA) is 62.4 Å². The molecular formula is C23H28N2O3. The Hall–Kier alpha value is -2.40. The quantitative estimate of drug-likeness (QED) is 0.867. The fraction of sp³-hybridized carbons (Fsp3) is 0.478. The van der Waals surface area contributed by atoms with E-state index in [-0.39, 0.29) is 34.7 Å². The number of benzene rings is 1. The van der Waals surface area contributed by atoms with Gasteiger partial charge in [-0.05, 0) is 41.9 Å². The number of hydrogen-bond acceptors (Lipinski definition) is 3. The number of pyridine rings is 1. The first-order valence-corrected chi connectivity index (χ1v) is 10.1. The van der Waals surface area contributed by atoms with Crippen LogP contribution in [0.2, 0.25) is 0 Å². The average molecular weight is 380 g/mol. The summed E-state index contributed by atoms with van der Waals surface area (Å²) in [7, 11) is 0. The molecule has 1 N–H and O–H groups in total. The molecule has 1 aromatic heterocycles. The van der Waals surface area contributed by atoms with Gasteiger partial charge in [0.05, 0.1) is 12.6 Å². The molecule has 0 spiro atoms. The predicted molar refractivity (Wildman–Crippen MR) is 109 cm³/mol. The molecule has 148 valence electrons. The van der Waals surface area contributed by atoms with Gasteiger partial charge in [0.1, 0.15) is 11.7 Å². The number of rotatable bonds is 2. The molecule has 2 atom stereocenters. The van der Waals surface area contributed by atoms with Gasteiger partial charge in [0.2, 0.25) is 0 Å². The predicted octanol–water partition coefficient (Wildman–Crippen LogP) is 3.49. The van der Waals surface area contributed by atoms with Crippen molar-refractivity contribution in [1.29, 1.82) is 0 Å². The largest absolute Gasteiger partial charge is 0.366 e. The van der Waals surface area contributed by atoms with Crippen molar-refractivity contribution >= 4 is 5.91 Å². The normalized spacial score (nSPS) is 22.2. The van der Waals surface area contributed by atoms with E-state index in [1.54, 1.807) is 4.90 Å². The fourth-order valence-electron chi connectivity index (χ4n) is 4.10. The number of carbonyl (C=O) groups is 1. The van der Waals surface area contributed by atoms with E-state index in [1.807, 2.05) is 36.4 Å². The molecule has 1 fully saturated rings. The number of aryl methyl sites for hydroxylation is 2. The van der Waals surface area contributed by atoms with Crippen LogP contribution in [0.1, 0.15) is 60.5 Å². The summed E-state index contributed by atoms with van der Waals surface area (Å²) in [5, 5.41) is 0. The fourth-order valence-corrected chi connectivity index (χ4v) is 4.10. The first-order valence-electron chi connectivity index (χ1n) is 10.1. The van der Waals surface area contributed by atoms with Gasteiger partial charge in [0.15, 0.2) is 0 Å². The van der Waals surface area contributed by atoms with Crippen molar-refractivity contribution in [2.45, 2.75) is 52.2 Å². The molecule has 1 aliphatic heterocycles. The molecule has 2 aliphatic rings. The van der Waals surface area contributed by atoms with Gasteiger partial charge in [-0.15, -0.1) is 0 Å². The lowest BCUT2D eigenvalue weighted by molar-refractivity contribution is -0.119. The molecule has 1 saturated heterocycles. The number of H-pyrrole nitrogens is 1. The van der Waals surface area contributed by atoms with Crippen LogP contribution in [0.25, 0.3) is 0 Å². The number of nitrogens with zero attached hydrogens (tertiary/aromatic N) is 1. The van der Waals surface area contributed by atoms with E-state index in [4.69, 9.17) is 4.74 Å². The average Bonchev–Trinajstić information content (AvgIpc) is 3.13. The highest BCUT2D eigenvalue weighted by molar-refractivity contribution is 5.94. The molecule has 0 bridgehead atoms. The number of carbonyl (C=O) groups excluding carboxylic acids is 1. The zero-order chi connectivity index (χ0) is 19.9. The second kappa shape index (κ2) is 7.21. The number of aromatic amines is 1. The number of fused-ring (bicyclic) bond motifs is 1. The highest BCUT2D eigenvalue weighted by Gasteiger charge is 2.38. The van der Waals surface area contributed by atoms with Crippen LogP contribution in [0.5, 0.6) is 0 Å². The SMILES string of the molecule is CC(C)(C)[C@H]1CN(C(=O)c2cc3c([nH]c2=O)CCC3)C[C@@H](c2ccccc2)O1. The van der Waals surface area contributed by atoms with Gasteiger partial charge in [-0.1, -0.05) is 51.1 Å². The number of hydrogen-bond donors (Lipinski definition) is 1. The van der Waals surface area contributed by atoms with E-state index < -0.39 is 0 Å². The smallest absolute Gasteiger partial charge is 0.261 e. The maximum absolute atomic E-state index is 13.3. The minimum Gasteiger partial charge on any atom is -0.366 e. The van der Waals surface area contributed by atoms with E-state index in [0.29, 0.717) is 13.1 Å². The summed E-state index contributed by atoms with van der Waals surface area (Å²) >= 11 is 0. The van der Waals surface area contributed by atoms with Gasteiger partial charge >= 0.3 is 0 Å². The maximum atomic E-state index is 13.3. The van der Waals surface area contributed by atoms with E-state index in [9.17, 15) is 9.59 Å². The Morgan fingerprint density at radius 1 is 1.14 bits per heavy atom. The minimum atomic E-state index is -0.277. The molecule has 4 rings (SSSR count). The number of amides is 1. The highest BCUT2D eigenvalue weighted by atomic mass is 16.5. The molecule has 0 saturated carbocycles. The Balaban J connectivity index is 1.65. The van der Waals surface area contributed by atoms with Gasteiger partial charge in [-0.25, -0.2) is 0 Å². The van der Waals surface area contributed by atoms with Crippen LogP contribution in [0.3, 0.4) is 0 Å². The van der Waals surface area contributed by atoms with Crippen LogP contribution in [0.15, 0.2) is 41.2 Å². The first kappa shape index (κ1) is 18.9. The monoisotopic (exact) mass is 380 g/mol. The van der Waals surface area contributed by atoms with Crippen molar-refractivity contribution in [2.24, 2.45) is 5.41 Å². The molecule has 28 heavy (non-hydrogen) atoms. The summed E-state index contributed by atoms with van der Waals surface area (Å²) in [6.07, 6.45) is 2.54. The molecule has 0 unspecified atom stereocenters. The lowest BCUT2D eigenvalue weighted by Crippen LogP contribution is -2.51. The molecule has 1 amide bonds. The Labute approximate surface area is 165 Å². The van der Waals surface area contributed by atoms with E-state index in [2.05, 4.69) is 25.8 Å². The molecule has 5 nitrogen and oxygen atoms in total. The second-order valence-corrected chi connectivity index (χ2v) is 8.97. The van der Waals surface area contributed by atoms with Crippen LogP contribution in [-0.4, -0.2) is 35.0 Å². The van der Waals surface area contributed by atoms with Crippen LogP contribution in [-0.2, 0) is 17.6 Å². The Bertz CT molecular complexity index is 927. The summed E-state index contributed by atoms with van der Waals surface area (Å²) in [4.78, 5) is 30.6. The van der Waals surface area contributed by atoms with Gasteiger partial charge in [-0.2, -0.15) is 0 Å². The lowest BCUT2D eigenvalue weighted by atomic mass is 9.87. The van der Waals surface area contributed by atoms with Crippen molar-refractivity contribution in [3.8, 4) is 0 Å². The molecule has 2 aromatic rings. The summed E-state index contributed by atoms with van der Waals surface area (Å²) in [5.74, 6) is -0.200. The Kier molecular flexibility index (Phi) is 4.88. The Morgan fingerprint density at radius 2 is 1.89 bits per heavy atom. The molecule has 1 aliphatic carbocycles.